The van der Waals surface area contributed by atoms with Crippen LogP contribution in [-0.2, 0) is 9.53 Å². The highest BCUT2D eigenvalue weighted by molar-refractivity contribution is 6.33. The molecular weight excluding hydrogens is 323 g/mol. The van der Waals surface area contributed by atoms with Crippen molar-refractivity contribution in [2.45, 2.75) is 6.04 Å². The molecule has 2 rings (SSSR count). The third-order valence-electron chi connectivity index (χ3n) is 3.18. The van der Waals surface area contributed by atoms with Crippen LogP contribution in [0.25, 0.3) is 0 Å². The number of esters is 1. The van der Waals surface area contributed by atoms with Gasteiger partial charge in [-0.25, -0.2) is 9.18 Å². The summed E-state index contributed by atoms with van der Waals surface area (Å²) in [7, 11) is 1.25. The largest absolute Gasteiger partial charge is 0.467 e. The molecule has 2 aromatic carbocycles. The number of amides is 1. The lowest BCUT2D eigenvalue weighted by molar-refractivity contribution is -0.141. The van der Waals surface area contributed by atoms with E-state index in [1.54, 1.807) is 6.07 Å². The number of benzene rings is 2. The highest BCUT2D eigenvalue weighted by atomic mass is 35.5. The van der Waals surface area contributed by atoms with E-state index in [9.17, 15) is 14.0 Å². The van der Waals surface area contributed by atoms with Crippen molar-refractivity contribution in [3.05, 3.63) is 64.4 Å². The van der Waals surface area contributed by atoms with Crippen molar-refractivity contribution in [2.75, 3.05) is 12.4 Å². The summed E-state index contributed by atoms with van der Waals surface area (Å²) in [6, 6.07) is 9.06. The van der Waals surface area contributed by atoms with Crippen molar-refractivity contribution < 1.29 is 18.7 Å². The number of hydrogen-bond acceptors (Lipinski definition) is 4. The first kappa shape index (κ1) is 16.8. The summed E-state index contributed by atoms with van der Waals surface area (Å²) in [6.45, 7) is 0. The van der Waals surface area contributed by atoms with Crippen LogP contribution in [0.3, 0.4) is 0 Å². The topological polar surface area (TPSA) is 81.4 Å². The Hall–Kier alpha value is -2.60. The molecule has 1 atom stereocenters. The van der Waals surface area contributed by atoms with Gasteiger partial charge in [-0.1, -0.05) is 23.7 Å². The molecule has 1 unspecified atom stereocenters. The van der Waals surface area contributed by atoms with E-state index < -0.39 is 23.7 Å². The summed E-state index contributed by atoms with van der Waals surface area (Å²) >= 11 is 5.89. The summed E-state index contributed by atoms with van der Waals surface area (Å²) < 4.78 is 17.8. The Labute approximate surface area is 137 Å². The first-order chi connectivity index (χ1) is 10.9. The van der Waals surface area contributed by atoms with Gasteiger partial charge in [0.05, 0.1) is 17.7 Å². The van der Waals surface area contributed by atoms with E-state index in [0.717, 1.165) is 0 Å². The third kappa shape index (κ3) is 3.98. The van der Waals surface area contributed by atoms with Crippen molar-refractivity contribution in [1.29, 1.82) is 0 Å². The molecule has 0 aliphatic carbocycles. The number of rotatable bonds is 5. The van der Waals surface area contributed by atoms with Gasteiger partial charge in [0.15, 0.2) is 6.04 Å². The van der Waals surface area contributed by atoms with Crippen LogP contribution in [0.2, 0.25) is 5.02 Å². The summed E-state index contributed by atoms with van der Waals surface area (Å²) in [5.41, 5.74) is 6.32. The van der Waals surface area contributed by atoms with Crippen LogP contribution in [0.4, 0.5) is 10.1 Å². The normalized spacial score (nSPS) is 11.6. The number of halogens is 2. The minimum atomic E-state index is -0.873. The fourth-order valence-corrected chi connectivity index (χ4v) is 2.23. The molecule has 5 nitrogen and oxygen atoms in total. The van der Waals surface area contributed by atoms with Gasteiger partial charge in [0.1, 0.15) is 5.82 Å². The number of carbonyl (C=O) groups is 2. The molecule has 0 saturated heterocycles. The Morgan fingerprint density at radius 1 is 1.22 bits per heavy atom. The maximum Gasteiger partial charge on any atom is 0.332 e. The minimum Gasteiger partial charge on any atom is -0.467 e. The van der Waals surface area contributed by atoms with Crippen LogP contribution in [0.15, 0.2) is 42.5 Å². The standard InChI is InChI=1S/C16H14ClFN2O3/c1-23-16(22)14(9-2-4-10(18)5-3-9)20-11-6-7-13(17)12(8-11)15(19)21/h2-8,14,20H,1H3,(H2,19,21). The Morgan fingerprint density at radius 2 is 1.87 bits per heavy atom. The average molecular weight is 337 g/mol. The van der Waals surface area contributed by atoms with Gasteiger partial charge in [-0.05, 0) is 35.9 Å². The zero-order valence-corrected chi connectivity index (χ0v) is 12.9. The van der Waals surface area contributed by atoms with Crippen LogP contribution >= 0.6 is 11.6 Å². The lowest BCUT2D eigenvalue weighted by atomic mass is 10.1. The highest BCUT2D eigenvalue weighted by Gasteiger charge is 2.22. The molecule has 7 heteroatoms. The first-order valence-corrected chi connectivity index (χ1v) is 6.99. The smallest absolute Gasteiger partial charge is 0.332 e. The molecule has 0 bridgehead atoms. The molecule has 3 N–H and O–H groups in total. The van der Waals surface area contributed by atoms with Crippen LogP contribution in [0, 0.1) is 5.82 Å². The van der Waals surface area contributed by atoms with Gasteiger partial charge in [0.25, 0.3) is 0 Å². The molecule has 0 fully saturated rings. The van der Waals surface area contributed by atoms with E-state index in [4.69, 9.17) is 22.1 Å². The maximum absolute atomic E-state index is 13.0. The number of nitrogens with two attached hydrogens (primary N) is 1. The van der Waals surface area contributed by atoms with Gasteiger partial charge in [-0.15, -0.1) is 0 Å². The molecule has 23 heavy (non-hydrogen) atoms. The summed E-state index contributed by atoms with van der Waals surface area (Å²) in [5.74, 6) is -1.66. The number of nitrogens with one attached hydrogen (secondary N) is 1. The first-order valence-electron chi connectivity index (χ1n) is 6.61. The van der Waals surface area contributed by atoms with Crippen molar-refractivity contribution in [2.24, 2.45) is 5.73 Å². The predicted molar refractivity (Wildman–Crippen MR) is 84.7 cm³/mol. The van der Waals surface area contributed by atoms with E-state index >= 15 is 0 Å². The van der Waals surface area contributed by atoms with Gasteiger partial charge in [0, 0.05) is 5.69 Å². The van der Waals surface area contributed by atoms with Gasteiger partial charge >= 0.3 is 5.97 Å². The van der Waals surface area contributed by atoms with Crippen LogP contribution in [0.1, 0.15) is 22.0 Å². The Morgan fingerprint density at radius 3 is 2.43 bits per heavy atom. The number of primary amides is 1. The zero-order chi connectivity index (χ0) is 17.0. The fourth-order valence-electron chi connectivity index (χ4n) is 2.02. The van der Waals surface area contributed by atoms with E-state index in [1.165, 1.54) is 43.5 Å². The monoisotopic (exact) mass is 336 g/mol. The van der Waals surface area contributed by atoms with E-state index in [2.05, 4.69) is 5.32 Å². The molecule has 0 aliphatic heterocycles. The second-order valence-electron chi connectivity index (χ2n) is 4.71. The van der Waals surface area contributed by atoms with Crippen LogP contribution < -0.4 is 11.1 Å². The number of methoxy groups -OCH3 is 1. The molecule has 2 aromatic rings. The SMILES string of the molecule is COC(=O)C(Nc1ccc(Cl)c(C(N)=O)c1)c1ccc(F)cc1. The molecule has 0 heterocycles. The van der Waals surface area contributed by atoms with E-state index in [-0.39, 0.29) is 10.6 Å². The van der Waals surface area contributed by atoms with Crippen molar-refractivity contribution in [3.63, 3.8) is 0 Å². The fraction of sp³-hybridized carbons (Fsp3) is 0.125. The molecule has 0 aromatic heterocycles. The second kappa shape index (κ2) is 7.11. The molecule has 0 saturated carbocycles. The van der Waals surface area contributed by atoms with Gasteiger partial charge in [-0.3, -0.25) is 4.79 Å². The Bertz CT molecular complexity index is 735. The van der Waals surface area contributed by atoms with Crippen molar-refractivity contribution >= 4 is 29.2 Å². The average Bonchev–Trinajstić information content (AvgIpc) is 2.54. The number of carbonyl (C=O) groups excluding carboxylic acids is 2. The Balaban J connectivity index is 2.35. The minimum absolute atomic E-state index is 0.124. The van der Waals surface area contributed by atoms with Crippen molar-refractivity contribution in [3.8, 4) is 0 Å². The molecule has 1 amide bonds. The number of anilines is 1. The predicted octanol–water partition coefficient (Wildman–Crippen LogP) is 2.90. The quantitative estimate of drug-likeness (QED) is 0.823. The molecule has 0 radical (unpaired) electrons. The van der Waals surface area contributed by atoms with E-state index in [0.29, 0.717) is 11.3 Å². The van der Waals surface area contributed by atoms with Gasteiger partial charge in [0.2, 0.25) is 5.91 Å². The molecular formula is C16H14ClFN2O3. The molecule has 120 valence electrons. The third-order valence-corrected chi connectivity index (χ3v) is 3.51. The maximum atomic E-state index is 13.0. The summed E-state index contributed by atoms with van der Waals surface area (Å²) in [4.78, 5) is 23.3. The number of ether oxygens (including phenoxy) is 1. The van der Waals surface area contributed by atoms with Crippen LogP contribution in [0.5, 0.6) is 0 Å². The summed E-state index contributed by atoms with van der Waals surface area (Å²) in [5, 5.41) is 3.13. The molecule has 0 aliphatic rings. The van der Waals surface area contributed by atoms with Crippen molar-refractivity contribution in [1.82, 2.24) is 0 Å². The number of hydrogen-bond donors (Lipinski definition) is 2. The molecule has 0 spiro atoms. The lowest BCUT2D eigenvalue weighted by Gasteiger charge is -2.18. The lowest BCUT2D eigenvalue weighted by Crippen LogP contribution is -2.22. The summed E-state index contributed by atoms with van der Waals surface area (Å²) in [6.07, 6.45) is 0. The van der Waals surface area contributed by atoms with Crippen LogP contribution in [-0.4, -0.2) is 19.0 Å². The Kier molecular flexibility index (Phi) is 5.18. The van der Waals surface area contributed by atoms with Gasteiger partial charge < -0.3 is 15.8 Å². The van der Waals surface area contributed by atoms with E-state index in [1.807, 2.05) is 0 Å². The zero-order valence-electron chi connectivity index (χ0n) is 12.2. The van der Waals surface area contributed by atoms with Gasteiger partial charge in [-0.2, -0.15) is 0 Å². The second-order valence-corrected chi connectivity index (χ2v) is 5.12. The highest BCUT2D eigenvalue weighted by Crippen LogP contribution is 2.25.